The molecule has 2 N–H and O–H groups in total. The summed E-state index contributed by atoms with van der Waals surface area (Å²) in [6.07, 6.45) is -13.1. The first-order chi connectivity index (χ1) is 20.3. The molecule has 0 radical (unpaired) electrons. The standard InChI is InChI=1S/C27H14BrF9N4O3/c1-12-6-13(10-38)2-5-17(12)23(43)40-19-7-14(3-4-15(19)11-39)22(42)41-21-18(28)8-16(9-20(21)44-24(29)30)25(31,26(32,33)34)27(35,36)37/h2-9,24H,1H3,(H,40,43)(H,41,42). The molecule has 0 fully saturated rings. The topological polar surface area (TPSA) is 115 Å². The number of halogens is 10. The third kappa shape index (κ3) is 6.73. The molecule has 7 nitrogen and oxygen atoms in total. The van der Waals surface area contributed by atoms with Crippen molar-refractivity contribution in [3.05, 3.63) is 86.4 Å². The predicted molar refractivity (Wildman–Crippen MR) is 139 cm³/mol. The molecule has 3 rings (SSSR count). The lowest BCUT2D eigenvalue weighted by atomic mass is 9.93. The van der Waals surface area contributed by atoms with Crippen LogP contribution in [0.5, 0.6) is 5.75 Å². The van der Waals surface area contributed by atoms with Gasteiger partial charge in [0, 0.05) is 21.2 Å². The summed E-state index contributed by atoms with van der Waals surface area (Å²) in [4.78, 5) is 25.8. The predicted octanol–water partition coefficient (Wildman–Crippen LogP) is 7.90. The molecule has 44 heavy (non-hydrogen) atoms. The van der Waals surface area contributed by atoms with Gasteiger partial charge in [-0.15, -0.1) is 0 Å². The Bertz CT molecular complexity index is 1700. The van der Waals surface area contributed by atoms with Crippen LogP contribution in [-0.2, 0) is 5.67 Å². The van der Waals surface area contributed by atoms with Crippen molar-refractivity contribution >= 4 is 39.1 Å². The van der Waals surface area contributed by atoms with Crippen LogP contribution in [0.15, 0.2) is 53.0 Å². The number of nitrogens with one attached hydrogen (secondary N) is 2. The Morgan fingerprint density at radius 3 is 2.02 bits per heavy atom. The molecule has 2 amide bonds. The largest absolute Gasteiger partial charge is 0.435 e. The first-order valence-electron chi connectivity index (χ1n) is 11.6. The smallest absolute Gasteiger partial charge is 0.433 e. The number of carbonyl (C=O) groups excluding carboxylic acids is 2. The van der Waals surface area contributed by atoms with E-state index in [0.717, 1.165) is 18.2 Å². The minimum atomic E-state index is -6.57. The molecule has 0 aliphatic heterocycles. The average Bonchev–Trinajstić information content (AvgIpc) is 2.92. The van der Waals surface area contributed by atoms with Crippen LogP contribution in [0.4, 0.5) is 50.9 Å². The summed E-state index contributed by atoms with van der Waals surface area (Å²) in [6.45, 7) is -2.30. The van der Waals surface area contributed by atoms with Crippen LogP contribution >= 0.6 is 15.9 Å². The zero-order valence-corrected chi connectivity index (χ0v) is 23.2. The van der Waals surface area contributed by atoms with Crippen molar-refractivity contribution in [1.29, 1.82) is 10.5 Å². The second-order valence-corrected chi connectivity index (χ2v) is 9.64. The highest BCUT2D eigenvalue weighted by atomic mass is 79.9. The van der Waals surface area contributed by atoms with Crippen molar-refractivity contribution < 1.29 is 53.8 Å². The van der Waals surface area contributed by atoms with Crippen LogP contribution in [0.2, 0.25) is 0 Å². The number of amides is 2. The first kappa shape index (κ1) is 33.7. The molecule has 0 heterocycles. The van der Waals surface area contributed by atoms with E-state index in [0.29, 0.717) is 5.56 Å². The monoisotopic (exact) mass is 692 g/mol. The van der Waals surface area contributed by atoms with Gasteiger partial charge in [0.1, 0.15) is 6.07 Å². The van der Waals surface area contributed by atoms with Gasteiger partial charge in [-0.3, -0.25) is 9.59 Å². The van der Waals surface area contributed by atoms with Gasteiger partial charge in [0.15, 0.2) is 5.75 Å². The van der Waals surface area contributed by atoms with E-state index in [1.807, 2.05) is 11.4 Å². The van der Waals surface area contributed by atoms with E-state index in [1.165, 1.54) is 25.1 Å². The van der Waals surface area contributed by atoms with Gasteiger partial charge in [-0.2, -0.15) is 45.6 Å². The SMILES string of the molecule is Cc1cc(C#N)ccc1C(=O)Nc1cc(C(=O)Nc2c(Br)cc(C(F)(C(F)(F)F)C(F)(F)F)cc2OC(F)F)ccc1C#N. The van der Waals surface area contributed by atoms with E-state index in [-0.39, 0.29) is 40.1 Å². The van der Waals surface area contributed by atoms with Crippen molar-refractivity contribution in [3.63, 3.8) is 0 Å². The average molecular weight is 693 g/mol. The third-order valence-corrected chi connectivity index (χ3v) is 6.56. The van der Waals surface area contributed by atoms with E-state index in [1.54, 1.807) is 6.07 Å². The number of nitriles is 2. The van der Waals surface area contributed by atoms with Crippen molar-refractivity contribution in [2.45, 2.75) is 31.6 Å². The molecule has 230 valence electrons. The van der Waals surface area contributed by atoms with Gasteiger partial charge in [0.05, 0.1) is 28.6 Å². The molecule has 0 spiro atoms. The Hall–Kier alpha value is -4.77. The van der Waals surface area contributed by atoms with Crippen LogP contribution in [0.25, 0.3) is 0 Å². The Morgan fingerprint density at radius 2 is 1.50 bits per heavy atom. The van der Waals surface area contributed by atoms with Gasteiger partial charge in [-0.25, -0.2) is 4.39 Å². The molecular weight excluding hydrogens is 679 g/mol. The summed E-state index contributed by atoms with van der Waals surface area (Å²) < 4.78 is 123. The number of carbonyl (C=O) groups is 2. The zero-order chi connectivity index (χ0) is 33.2. The second kappa shape index (κ2) is 12.5. The molecule has 0 atom stereocenters. The summed E-state index contributed by atoms with van der Waals surface area (Å²) in [7, 11) is 0. The fraction of sp³-hybridized carbons (Fsp3) is 0.185. The summed E-state index contributed by atoms with van der Waals surface area (Å²) in [5, 5.41) is 22.8. The number of alkyl halides is 9. The Balaban J connectivity index is 2.03. The van der Waals surface area contributed by atoms with Crippen LogP contribution in [0.3, 0.4) is 0 Å². The lowest BCUT2D eigenvalue weighted by Crippen LogP contribution is -2.50. The minimum absolute atomic E-state index is 0.0146. The van der Waals surface area contributed by atoms with Gasteiger partial charge >= 0.3 is 24.6 Å². The summed E-state index contributed by atoms with van der Waals surface area (Å²) in [5.74, 6) is -3.42. The highest BCUT2D eigenvalue weighted by molar-refractivity contribution is 9.10. The number of hydrogen-bond acceptors (Lipinski definition) is 5. The fourth-order valence-corrected chi connectivity index (χ4v) is 4.37. The maximum absolute atomic E-state index is 14.6. The van der Waals surface area contributed by atoms with Crippen molar-refractivity contribution in [2.75, 3.05) is 10.6 Å². The molecule has 0 aliphatic carbocycles. The summed E-state index contributed by atoms with van der Waals surface area (Å²) in [6, 6.07) is 10.6. The lowest BCUT2D eigenvalue weighted by Gasteiger charge is -2.31. The van der Waals surface area contributed by atoms with E-state index in [4.69, 9.17) is 5.26 Å². The Labute approximate surface area is 250 Å². The lowest BCUT2D eigenvalue weighted by molar-refractivity contribution is -0.348. The van der Waals surface area contributed by atoms with Gasteiger partial charge in [-0.05, 0) is 76.9 Å². The number of benzene rings is 3. The molecule has 0 aromatic heterocycles. The molecule has 0 saturated carbocycles. The molecule has 3 aromatic carbocycles. The highest BCUT2D eigenvalue weighted by Crippen LogP contribution is 2.55. The van der Waals surface area contributed by atoms with E-state index >= 15 is 0 Å². The third-order valence-electron chi connectivity index (χ3n) is 5.94. The quantitative estimate of drug-likeness (QED) is 0.244. The van der Waals surface area contributed by atoms with E-state index in [9.17, 15) is 54.4 Å². The van der Waals surface area contributed by atoms with Gasteiger partial charge in [-0.1, -0.05) is 0 Å². The molecule has 0 bridgehead atoms. The van der Waals surface area contributed by atoms with E-state index in [2.05, 4.69) is 26.0 Å². The number of ether oxygens (including phenoxy) is 1. The minimum Gasteiger partial charge on any atom is -0.433 e. The van der Waals surface area contributed by atoms with Crippen LogP contribution in [-0.4, -0.2) is 30.8 Å². The fourth-order valence-electron chi connectivity index (χ4n) is 3.83. The van der Waals surface area contributed by atoms with Crippen molar-refractivity contribution in [3.8, 4) is 17.9 Å². The maximum Gasteiger partial charge on any atom is 0.435 e. The molecule has 0 aliphatic rings. The van der Waals surface area contributed by atoms with Crippen molar-refractivity contribution in [1.82, 2.24) is 0 Å². The maximum atomic E-state index is 14.6. The zero-order valence-electron chi connectivity index (χ0n) is 21.6. The normalized spacial score (nSPS) is 11.9. The molecular formula is C27H14BrF9N4O3. The molecule has 0 saturated heterocycles. The number of aryl methyl sites for hydroxylation is 1. The molecule has 17 heteroatoms. The molecule has 3 aromatic rings. The number of rotatable bonds is 7. The summed E-state index contributed by atoms with van der Waals surface area (Å²) >= 11 is 2.57. The highest BCUT2D eigenvalue weighted by Gasteiger charge is 2.73. The number of nitrogens with zero attached hydrogens (tertiary/aromatic N) is 2. The van der Waals surface area contributed by atoms with Crippen LogP contribution in [0, 0.1) is 29.6 Å². The van der Waals surface area contributed by atoms with Crippen molar-refractivity contribution in [2.24, 2.45) is 0 Å². The number of hydrogen-bond donors (Lipinski definition) is 2. The van der Waals surface area contributed by atoms with Gasteiger partial charge in [0.25, 0.3) is 11.8 Å². The summed E-state index contributed by atoms with van der Waals surface area (Å²) in [5.41, 5.74) is -9.05. The Morgan fingerprint density at radius 1 is 0.864 bits per heavy atom. The molecule has 0 unspecified atom stereocenters. The van der Waals surface area contributed by atoms with E-state index < -0.39 is 57.9 Å². The van der Waals surface area contributed by atoms with Crippen LogP contribution < -0.4 is 15.4 Å². The van der Waals surface area contributed by atoms with Crippen LogP contribution in [0.1, 0.15) is 43.0 Å². The first-order valence-corrected chi connectivity index (χ1v) is 12.4. The second-order valence-electron chi connectivity index (χ2n) is 8.79. The van der Waals surface area contributed by atoms with Gasteiger partial charge in [0.2, 0.25) is 0 Å². The number of anilines is 2. The van der Waals surface area contributed by atoms with Gasteiger partial charge < -0.3 is 15.4 Å². The Kier molecular flexibility index (Phi) is 9.55.